The number of piperazine rings is 1. The molecule has 8 heteroatoms. The molecule has 1 aliphatic heterocycles. The minimum Gasteiger partial charge on any atom is -0.395 e. The lowest BCUT2D eigenvalue weighted by Gasteiger charge is -2.34. The first-order chi connectivity index (χ1) is 12.5. The van der Waals surface area contributed by atoms with Crippen molar-refractivity contribution in [2.75, 3.05) is 26.2 Å². The maximum atomic E-state index is 12.4. The third kappa shape index (κ3) is 4.42. The fraction of sp³-hybridized carbons (Fsp3) is 0.667. The number of amides is 2. The van der Waals surface area contributed by atoms with Crippen LogP contribution in [0.25, 0.3) is 0 Å². The minimum absolute atomic E-state index is 0.0335. The van der Waals surface area contributed by atoms with Crippen molar-refractivity contribution in [2.24, 2.45) is 5.92 Å². The third-order valence-electron chi connectivity index (χ3n) is 5.39. The molecule has 8 nitrogen and oxygen atoms in total. The fourth-order valence-corrected chi connectivity index (χ4v) is 3.82. The van der Waals surface area contributed by atoms with Gasteiger partial charge in [0.15, 0.2) is 5.76 Å². The lowest BCUT2D eigenvalue weighted by molar-refractivity contribution is -0.402. The van der Waals surface area contributed by atoms with E-state index in [-0.39, 0.29) is 17.6 Å². The molecule has 1 saturated carbocycles. The van der Waals surface area contributed by atoms with E-state index in [1.165, 1.54) is 44.2 Å². The Labute approximate surface area is 152 Å². The van der Waals surface area contributed by atoms with E-state index in [0.29, 0.717) is 38.5 Å². The molecule has 0 spiro atoms. The van der Waals surface area contributed by atoms with E-state index in [9.17, 15) is 19.7 Å². The molecule has 0 aromatic carbocycles. The summed E-state index contributed by atoms with van der Waals surface area (Å²) in [6, 6.07) is 2.50. The Bertz CT molecular complexity index is 658. The first kappa shape index (κ1) is 18.4. The van der Waals surface area contributed by atoms with Crippen LogP contribution in [0.15, 0.2) is 16.5 Å². The summed E-state index contributed by atoms with van der Waals surface area (Å²) in [5, 5.41) is 10.6. The summed E-state index contributed by atoms with van der Waals surface area (Å²) in [4.78, 5) is 38.1. The van der Waals surface area contributed by atoms with Gasteiger partial charge >= 0.3 is 5.88 Å². The van der Waals surface area contributed by atoms with Gasteiger partial charge in [-0.1, -0.05) is 32.1 Å². The van der Waals surface area contributed by atoms with Crippen molar-refractivity contribution < 1.29 is 18.9 Å². The van der Waals surface area contributed by atoms with Gasteiger partial charge in [-0.3, -0.25) is 19.7 Å². The Kier molecular flexibility index (Phi) is 5.90. The molecule has 1 aliphatic carbocycles. The third-order valence-corrected chi connectivity index (χ3v) is 5.39. The van der Waals surface area contributed by atoms with Gasteiger partial charge in [0.1, 0.15) is 4.92 Å². The second-order valence-electron chi connectivity index (χ2n) is 7.11. The van der Waals surface area contributed by atoms with Crippen LogP contribution in [0.1, 0.15) is 55.5 Å². The minimum atomic E-state index is -0.667. The van der Waals surface area contributed by atoms with Crippen molar-refractivity contribution in [3.05, 3.63) is 28.0 Å². The molecule has 0 bridgehead atoms. The van der Waals surface area contributed by atoms with Crippen LogP contribution in [0.2, 0.25) is 0 Å². The molecule has 0 N–H and O–H groups in total. The zero-order chi connectivity index (χ0) is 18.5. The molecule has 2 amide bonds. The Morgan fingerprint density at radius 1 is 1.08 bits per heavy atom. The van der Waals surface area contributed by atoms with E-state index in [4.69, 9.17) is 4.42 Å². The predicted octanol–water partition coefficient (Wildman–Crippen LogP) is 2.83. The molecule has 142 valence electrons. The lowest BCUT2D eigenvalue weighted by Crippen LogP contribution is -2.50. The number of furan rings is 1. The summed E-state index contributed by atoms with van der Waals surface area (Å²) < 4.78 is 4.97. The van der Waals surface area contributed by atoms with Crippen LogP contribution < -0.4 is 0 Å². The Hall–Kier alpha value is -2.38. The molecule has 0 atom stereocenters. The zero-order valence-electron chi connectivity index (χ0n) is 14.9. The highest BCUT2D eigenvalue weighted by atomic mass is 16.6. The summed E-state index contributed by atoms with van der Waals surface area (Å²) in [6.45, 7) is 1.83. The quantitative estimate of drug-likeness (QED) is 0.592. The van der Waals surface area contributed by atoms with Crippen LogP contribution in [-0.4, -0.2) is 52.7 Å². The number of rotatable bonds is 5. The predicted molar refractivity (Wildman–Crippen MR) is 93.7 cm³/mol. The van der Waals surface area contributed by atoms with Crippen LogP contribution in [0.5, 0.6) is 0 Å². The lowest BCUT2D eigenvalue weighted by atomic mass is 9.86. The topological polar surface area (TPSA) is 96.9 Å². The van der Waals surface area contributed by atoms with Crippen LogP contribution in [-0.2, 0) is 4.79 Å². The molecule has 2 heterocycles. The first-order valence-electron chi connectivity index (χ1n) is 9.36. The normalized spacial score (nSPS) is 18.8. The average molecular weight is 363 g/mol. The van der Waals surface area contributed by atoms with Crippen LogP contribution in [0.4, 0.5) is 5.88 Å². The number of hydrogen-bond donors (Lipinski definition) is 0. The van der Waals surface area contributed by atoms with Gasteiger partial charge < -0.3 is 14.2 Å². The number of carbonyl (C=O) groups is 2. The van der Waals surface area contributed by atoms with Crippen molar-refractivity contribution in [3.63, 3.8) is 0 Å². The fourth-order valence-electron chi connectivity index (χ4n) is 3.82. The smallest absolute Gasteiger partial charge is 0.395 e. The molecule has 1 aromatic heterocycles. The summed E-state index contributed by atoms with van der Waals surface area (Å²) in [6.07, 6.45) is 7.92. The van der Waals surface area contributed by atoms with Crippen LogP contribution in [0.3, 0.4) is 0 Å². The number of nitrogens with zero attached hydrogens (tertiary/aromatic N) is 3. The van der Waals surface area contributed by atoms with Gasteiger partial charge in [0, 0.05) is 32.6 Å². The molecule has 0 radical (unpaired) electrons. The van der Waals surface area contributed by atoms with Gasteiger partial charge in [-0.25, -0.2) is 0 Å². The van der Waals surface area contributed by atoms with Gasteiger partial charge in [-0.15, -0.1) is 0 Å². The van der Waals surface area contributed by atoms with E-state index in [1.54, 1.807) is 4.90 Å². The molecule has 3 rings (SSSR count). The molecule has 2 aliphatic rings. The first-order valence-corrected chi connectivity index (χ1v) is 9.36. The molecule has 1 saturated heterocycles. The maximum Gasteiger partial charge on any atom is 0.433 e. The van der Waals surface area contributed by atoms with Crippen molar-refractivity contribution in [1.29, 1.82) is 0 Å². The van der Waals surface area contributed by atoms with Gasteiger partial charge in [-0.05, 0) is 18.4 Å². The summed E-state index contributed by atoms with van der Waals surface area (Å²) >= 11 is 0. The van der Waals surface area contributed by atoms with Gasteiger partial charge in [0.05, 0.1) is 6.07 Å². The second-order valence-corrected chi connectivity index (χ2v) is 7.11. The second kappa shape index (κ2) is 8.33. The Balaban J connectivity index is 1.44. The monoisotopic (exact) mass is 363 g/mol. The van der Waals surface area contributed by atoms with E-state index < -0.39 is 10.8 Å². The van der Waals surface area contributed by atoms with Crippen molar-refractivity contribution in [3.8, 4) is 0 Å². The Morgan fingerprint density at radius 2 is 1.73 bits per heavy atom. The number of hydrogen-bond acceptors (Lipinski definition) is 5. The van der Waals surface area contributed by atoms with Crippen molar-refractivity contribution >= 4 is 17.7 Å². The SMILES string of the molecule is O=C(CCC1CCCCC1)N1CCN(C(=O)c2ccc([N+](=O)[O-])o2)CC1. The van der Waals surface area contributed by atoms with E-state index in [2.05, 4.69) is 0 Å². The highest BCUT2D eigenvalue weighted by molar-refractivity contribution is 5.92. The van der Waals surface area contributed by atoms with Gasteiger partial charge in [0.2, 0.25) is 5.91 Å². The molecule has 26 heavy (non-hydrogen) atoms. The van der Waals surface area contributed by atoms with Gasteiger partial charge in [0.25, 0.3) is 5.91 Å². The van der Waals surface area contributed by atoms with Crippen molar-refractivity contribution in [2.45, 2.75) is 44.9 Å². The summed E-state index contributed by atoms with van der Waals surface area (Å²) in [5.74, 6) is 0.00711. The van der Waals surface area contributed by atoms with E-state index in [1.807, 2.05) is 4.90 Å². The largest absolute Gasteiger partial charge is 0.433 e. The molecule has 2 fully saturated rings. The highest BCUT2D eigenvalue weighted by Gasteiger charge is 2.28. The Morgan fingerprint density at radius 3 is 2.35 bits per heavy atom. The van der Waals surface area contributed by atoms with Crippen LogP contribution in [0, 0.1) is 16.0 Å². The van der Waals surface area contributed by atoms with Gasteiger partial charge in [-0.2, -0.15) is 0 Å². The standard InChI is InChI=1S/C18H25N3O5/c22-16(8-6-14-4-2-1-3-5-14)19-10-12-20(13-11-19)18(23)15-7-9-17(26-15)21(24)25/h7,9,14H,1-6,8,10-13H2. The van der Waals surface area contributed by atoms with E-state index >= 15 is 0 Å². The zero-order valence-corrected chi connectivity index (χ0v) is 14.9. The molecule has 0 unspecified atom stereocenters. The van der Waals surface area contributed by atoms with Crippen LogP contribution >= 0.6 is 0 Å². The molecular weight excluding hydrogens is 338 g/mol. The van der Waals surface area contributed by atoms with Crippen molar-refractivity contribution in [1.82, 2.24) is 9.80 Å². The van der Waals surface area contributed by atoms with E-state index in [0.717, 1.165) is 6.42 Å². The molecule has 1 aromatic rings. The maximum absolute atomic E-state index is 12.4. The summed E-state index contributed by atoms with van der Waals surface area (Å²) in [7, 11) is 0. The number of carbonyl (C=O) groups excluding carboxylic acids is 2. The summed E-state index contributed by atoms with van der Waals surface area (Å²) in [5.41, 5.74) is 0. The highest BCUT2D eigenvalue weighted by Crippen LogP contribution is 2.27. The number of nitro groups is 1. The average Bonchev–Trinajstić information content (AvgIpc) is 3.17. The molecular formula is C18H25N3O5.